The molecule has 4 unspecified atom stereocenters. The summed E-state index contributed by atoms with van der Waals surface area (Å²) < 4.78 is 0. The zero-order valence-electron chi connectivity index (χ0n) is 50.0. The van der Waals surface area contributed by atoms with Crippen molar-refractivity contribution in [3.8, 4) is 11.1 Å². The zero-order chi connectivity index (χ0) is 56.0. The van der Waals surface area contributed by atoms with Gasteiger partial charge in [-0.2, -0.15) is 0 Å². The minimum absolute atomic E-state index is 0.0231. The molecule has 15 rings (SSSR count). The maximum absolute atomic E-state index is 2.94. The van der Waals surface area contributed by atoms with E-state index in [2.05, 4.69) is 280 Å². The van der Waals surface area contributed by atoms with E-state index >= 15 is 0 Å². The number of fused-ring (bicyclic) bond motifs is 13. The summed E-state index contributed by atoms with van der Waals surface area (Å²) in [5, 5.41) is 2.51. The van der Waals surface area contributed by atoms with Crippen LogP contribution in [0, 0.1) is 0 Å². The van der Waals surface area contributed by atoms with Crippen LogP contribution in [0.3, 0.4) is 0 Å². The predicted molar refractivity (Wildman–Crippen MR) is 346 cm³/mol. The highest BCUT2D eigenvalue weighted by molar-refractivity contribution is 7.00. The molecule has 81 heavy (non-hydrogen) atoms. The molecular formula is C77H78BN3. The Kier molecular flexibility index (Phi) is 10.6. The first kappa shape index (κ1) is 50.6. The lowest BCUT2D eigenvalue weighted by molar-refractivity contribution is 0.215. The second-order valence-electron chi connectivity index (χ2n) is 28.9. The monoisotopic (exact) mass is 1060 g/mol. The van der Waals surface area contributed by atoms with E-state index in [1.807, 2.05) is 0 Å². The summed E-state index contributed by atoms with van der Waals surface area (Å²) in [4.78, 5) is 8.56. The summed E-state index contributed by atoms with van der Waals surface area (Å²) >= 11 is 0. The molecule has 4 atom stereocenters. The lowest BCUT2D eigenvalue weighted by Crippen LogP contribution is -2.64. The maximum atomic E-state index is 2.94. The number of aryl methyl sites for hydroxylation is 1. The van der Waals surface area contributed by atoms with Crippen LogP contribution in [-0.4, -0.2) is 12.3 Å². The van der Waals surface area contributed by atoms with Gasteiger partial charge < -0.3 is 14.7 Å². The molecule has 0 amide bonds. The van der Waals surface area contributed by atoms with E-state index < -0.39 is 5.54 Å². The fourth-order valence-electron chi connectivity index (χ4n) is 17.1. The highest BCUT2D eigenvalue weighted by Gasteiger charge is 2.65. The molecule has 1 saturated carbocycles. The highest BCUT2D eigenvalue weighted by atomic mass is 15.3. The number of rotatable bonds is 4. The molecule has 4 heterocycles. The van der Waals surface area contributed by atoms with Crippen molar-refractivity contribution >= 4 is 73.7 Å². The molecule has 0 bridgehead atoms. The van der Waals surface area contributed by atoms with Crippen molar-refractivity contribution < 1.29 is 0 Å². The Labute approximate surface area is 483 Å². The van der Waals surface area contributed by atoms with Crippen molar-refractivity contribution in [3.63, 3.8) is 0 Å². The molecule has 4 aliphatic heterocycles. The second-order valence-corrected chi connectivity index (χ2v) is 28.9. The van der Waals surface area contributed by atoms with Gasteiger partial charge in [0.15, 0.2) is 0 Å². The first-order valence-corrected chi connectivity index (χ1v) is 30.5. The molecule has 9 aromatic carbocycles. The third-order valence-electron chi connectivity index (χ3n) is 21.6. The lowest BCUT2D eigenvalue weighted by Gasteiger charge is -2.54. The topological polar surface area (TPSA) is 9.72 Å². The van der Waals surface area contributed by atoms with Crippen LogP contribution in [0.4, 0.5) is 39.8 Å². The standard InChI is InChI=1S/C77H78BN3/c1-71(2,3)54-34-36-64(58(43-54)52-33-32-49-24-16-17-26-51(49)42-52)79-66-37-35-55(72(4,5)6)45-62(66)78-63-46-56(73(7,8)9)44-61-70(63)81(76(12)59-29-19-18-25-50(59)38-41-74(61,76)10)68-48-57(47-67(79)69(68)78)80-65-31-21-20-30-60(65)77(53-27-14-13-15-28-53)40-23-22-39-75(77,80)11/h13-21,24-37,42-48H,22-23,38-41H2,1-12H3. The zero-order valence-corrected chi connectivity index (χ0v) is 50.0. The van der Waals surface area contributed by atoms with Crippen LogP contribution < -0.4 is 31.1 Å². The largest absolute Gasteiger partial charge is 0.334 e. The van der Waals surface area contributed by atoms with Crippen molar-refractivity contribution in [3.05, 3.63) is 226 Å². The SMILES string of the molecule is CC(C)(C)c1ccc2c(c1)B1c3cc(C(C)(C)C)cc4c3N(c3cc(N5c6ccccc6C6(c7ccccc7)CCCCC56C)cc(c31)N2c1ccc(C(C)(C)C)cc1-c1ccc2ccccc2c1)C1(C)c2ccccc2CCC41C. The van der Waals surface area contributed by atoms with E-state index in [1.165, 1.54) is 135 Å². The van der Waals surface area contributed by atoms with Gasteiger partial charge in [-0.15, -0.1) is 0 Å². The molecular weight excluding hydrogens is 978 g/mol. The Hall–Kier alpha value is -7.30. The fourth-order valence-corrected chi connectivity index (χ4v) is 17.1. The van der Waals surface area contributed by atoms with Crippen LogP contribution in [0.5, 0.6) is 0 Å². The summed E-state index contributed by atoms with van der Waals surface area (Å²) in [7, 11) is 0. The summed E-state index contributed by atoms with van der Waals surface area (Å²) in [6.45, 7) is 29.4. The maximum Gasteiger partial charge on any atom is 0.252 e. The second kappa shape index (κ2) is 16.9. The van der Waals surface area contributed by atoms with E-state index in [9.17, 15) is 0 Å². The molecule has 4 heteroatoms. The van der Waals surface area contributed by atoms with Gasteiger partial charge in [0.25, 0.3) is 6.71 Å². The molecule has 1 fully saturated rings. The van der Waals surface area contributed by atoms with Gasteiger partial charge in [0.05, 0.1) is 16.8 Å². The molecule has 2 aliphatic carbocycles. The molecule has 0 spiro atoms. The smallest absolute Gasteiger partial charge is 0.252 e. The highest BCUT2D eigenvalue weighted by Crippen LogP contribution is 2.68. The lowest BCUT2D eigenvalue weighted by atomic mass is 9.33. The first-order chi connectivity index (χ1) is 38.7. The number of nitrogens with zero attached hydrogens (tertiary/aromatic N) is 3. The quantitative estimate of drug-likeness (QED) is 0.163. The van der Waals surface area contributed by atoms with Crippen molar-refractivity contribution in [2.45, 2.75) is 160 Å². The number of para-hydroxylation sites is 1. The normalized spacial score (nSPS) is 23.1. The van der Waals surface area contributed by atoms with Crippen molar-refractivity contribution in [1.82, 2.24) is 0 Å². The summed E-state index contributed by atoms with van der Waals surface area (Å²) in [6.07, 6.45) is 6.72. The van der Waals surface area contributed by atoms with E-state index in [4.69, 9.17) is 0 Å². The van der Waals surface area contributed by atoms with E-state index in [0.717, 1.165) is 25.7 Å². The van der Waals surface area contributed by atoms with E-state index in [0.29, 0.717) is 0 Å². The molecule has 9 aromatic rings. The summed E-state index contributed by atoms with van der Waals surface area (Å²) in [5.41, 5.74) is 26.1. The van der Waals surface area contributed by atoms with Crippen LogP contribution in [0.1, 0.15) is 160 Å². The fraction of sp³-hybridized carbons (Fsp3) is 0.325. The van der Waals surface area contributed by atoms with Crippen molar-refractivity contribution in [1.29, 1.82) is 0 Å². The Morgan fingerprint density at radius 3 is 1.83 bits per heavy atom. The molecule has 3 nitrogen and oxygen atoms in total. The third-order valence-corrected chi connectivity index (χ3v) is 21.6. The van der Waals surface area contributed by atoms with Crippen molar-refractivity contribution in [2.24, 2.45) is 0 Å². The van der Waals surface area contributed by atoms with Crippen LogP contribution in [0.25, 0.3) is 21.9 Å². The Morgan fingerprint density at radius 1 is 0.444 bits per heavy atom. The van der Waals surface area contributed by atoms with Crippen LogP contribution in [-0.2, 0) is 39.0 Å². The van der Waals surface area contributed by atoms with Gasteiger partial charge in [-0.05, 0) is 175 Å². The molecule has 0 radical (unpaired) electrons. The number of hydrogen-bond donors (Lipinski definition) is 0. The summed E-state index contributed by atoms with van der Waals surface area (Å²) in [6, 6.07) is 72.5. The molecule has 0 N–H and O–H groups in total. The van der Waals surface area contributed by atoms with Gasteiger partial charge >= 0.3 is 0 Å². The number of hydrogen-bond acceptors (Lipinski definition) is 3. The van der Waals surface area contributed by atoms with Crippen LogP contribution >= 0.6 is 0 Å². The minimum atomic E-state index is -0.402. The predicted octanol–water partition coefficient (Wildman–Crippen LogP) is 18.1. The Balaban J connectivity index is 1.11. The van der Waals surface area contributed by atoms with Crippen LogP contribution in [0.2, 0.25) is 0 Å². The van der Waals surface area contributed by atoms with E-state index in [1.54, 1.807) is 0 Å². The van der Waals surface area contributed by atoms with Gasteiger partial charge in [0, 0.05) is 50.5 Å². The molecule has 404 valence electrons. The average Bonchev–Trinajstić information content (AvgIpc) is 1.72. The molecule has 6 aliphatic rings. The number of benzene rings is 9. The first-order valence-electron chi connectivity index (χ1n) is 30.5. The number of anilines is 7. The van der Waals surface area contributed by atoms with Crippen molar-refractivity contribution in [2.75, 3.05) is 14.7 Å². The molecule has 0 aromatic heterocycles. The van der Waals surface area contributed by atoms with E-state index in [-0.39, 0.29) is 39.3 Å². The van der Waals surface area contributed by atoms with Gasteiger partial charge in [0.2, 0.25) is 0 Å². The van der Waals surface area contributed by atoms with Gasteiger partial charge in [-0.1, -0.05) is 222 Å². The van der Waals surface area contributed by atoms with Gasteiger partial charge in [-0.25, -0.2) is 0 Å². The Morgan fingerprint density at radius 2 is 1.07 bits per heavy atom. The third kappa shape index (κ3) is 6.77. The molecule has 0 saturated heterocycles. The minimum Gasteiger partial charge on any atom is -0.334 e. The summed E-state index contributed by atoms with van der Waals surface area (Å²) in [5.74, 6) is 0. The average molecular weight is 1060 g/mol. The van der Waals surface area contributed by atoms with Gasteiger partial charge in [0.1, 0.15) is 0 Å². The van der Waals surface area contributed by atoms with Gasteiger partial charge in [-0.3, -0.25) is 0 Å². The van der Waals surface area contributed by atoms with Crippen LogP contribution in [0.15, 0.2) is 182 Å². The Bertz CT molecular complexity index is 4110.